The van der Waals surface area contributed by atoms with Crippen molar-refractivity contribution < 1.29 is 9.36 Å². The Morgan fingerprint density at radius 1 is 0.432 bits per heavy atom. The van der Waals surface area contributed by atoms with Gasteiger partial charge in [-0.2, -0.15) is 9.13 Å². The van der Waals surface area contributed by atoms with Crippen LogP contribution in [-0.4, -0.2) is 19.3 Å². The lowest BCUT2D eigenvalue weighted by Crippen LogP contribution is -2.31. The van der Waals surface area contributed by atoms with Crippen molar-refractivity contribution in [1.29, 1.82) is 0 Å². The van der Waals surface area contributed by atoms with Crippen molar-refractivity contribution in [3.05, 3.63) is 156 Å². The van der Waals surface area contributed by atoms with Crippen molar-refractivity contribution in [1.82, 2.24) is 19.3 Å². The molecule has 214 valence electrons. The fraction of sp³-hybridized carbons (Fsp3) is 0.105. The molecule has 2 aromatic heterocycles. The summed E-state index contributed by atoms with van der Waals surface area (Å²) in [7, 11) is 0. The highest BCUT2D eigenvalue weighted by molar-refractivity contribution is 5.68. The van der Waals surface area contributed by atoms with Gasteiger partial charge in [-0.25, -0.2) is 0 Å². The Balaban J connectivity index is 1.44. The lowest BCUT2D eigenvalue weighted by Gasteiger charge is -2.08. The van der Waals surface area contributed by atoms with Crippen LogP contribution in [0.25, 0.3) is 45.5 Å². The quantitative estimate of drug-likeness (QED) is 0.198. The van der Waals surface area contributed by atoms with E-state index < -0.39 is 0 Å². The minimum Gasteiger partial charge on any atom is -0.177 e. The van der Waals surface area contributed by atoms with Crippen LogP contribution in [0.3, 0.4) is 0 Å². The number of para-hydroxylation sites is 2. The van der Waals surface area contributed by atoms with E-state index in [1.54, 1.807) is 0 Å². The molecule has 0 saturated heterocycles. The van der Waals surface area contributed by atoms with Crippen molar-refractivity contribution in [2.75, 3.05) is 0 Å². The van der Waals surface area contributed by atoms with Gasteiger partial charge in [0.05, 0.1) is 11.1 Å². The van der Waals surface area contributed by atoms with E-state index in [2.05, 4.69) is 134 Å². The first-order valence-corrected chi connectivity index (χ1v) is 14.9. The van der Waals surface area contributed by atoms with E-state index in [1.165, 1.54) is 22.3 Å². The van der Waals surface area contributed by atoms with Gasteiger partial charge in [0.1, 0.15) is 11.4 Å². The van der Waals surface area contributed by atoms with Gasteiger partial charge in [0.15, 0.2) is 11.4 Å². The highest BCUT2D eigenvalue weighted by Gasteiger charge is 2.27. The Morgan fingerprint density at radius 3 is 1.18 bits per heavy atom. The van der Waals surface area contributed by atoms with Gasteiger partial charge >= 0.3 is 0 Å². The van der Waals surface area contributed by atoms with Crippen LogP contribution in [0.2, 0.25) is 0 Å². The molecule has 0 unspecified atom stereocenters. The third-order valence-electron chi connectivity index (χ3n) is 8.15. The van der Waals surface area contributed by atoms with Crippen molar-refractivity contribution >= 4 is 0 Å². The summed E-state index contributed by atoms with van der Waals surface area (Å²) in [6.45, 7) is 8.59. The zero-order chi connectivity index (χ0) is 30.2. The molecule has 0 bridgehead atoms. The molecule has 0 spiro atoms. The second kappa shape index (κ2) is 11.2. The Morgan fingerprint density at radius 2 is 0.795 bits per heavy atom. The molecular formula is C38H34N6+2. The van der Waals surface area contributed by atoms with Crippen LogP contribution in [0.4, 0.5) is 0 Å². The summed E-state index contributed by atoms with van der Waals surface area (Å²) in [6, 6.07) is 41.9. The maximum Gasteiger partial charge on any atom is 0.277 e. The highest BCUT2D eigenvalue weighted by atomic mass is 15.4. The number of hydrogen-bond acceptors (Lipinski definition) is 2. The predicted octanol–water partition coefficient (Wildman–Crippen LogP) is 7.18. The first-order chi connectivity index (χ1) is 21.5. The van der Waals surface area contributed by atoms with Gasteiger partial charge in [-0.3, -0.25) is 0 Å². The first kappa shape index (κ1) is 27.2. The molecule has 6 heteroatoms. The predicted molar refractivity (Wildman–Crippen MR) is 174 cm³/mol. The van der Waals surface area contributed by atoms with Gasteiger partial charge in [-0.15, -0.1) is 0 Å². The number of hydrogen-bond donors (Lipinski definition) is 0. The second-order valence-corrected chi connectivity index (χ2v) is 11.2. The molecule has 0 N–H and O–H groups in total. The maximum absolute atomic E-state index is 5.14. The molecule has 44 heavy (non-hydrogen) atoms. The number of benzene rings is 5. The molecule has 0 radical (unpaired) electrons. The molecule has 7 rings (SSSR count). The lowest BCUT2D eigenvalue weighted by atomic mass is 10.0. The zero-order valence-corrected chi connectivity index (χ0v) is 25.4. The Labute approximate surface area is 257 Å². The fourth-order valence-corrected chi connectivity index (χ4v) is 5.94. The summed E-state index contributed by atoms with van der Waals surface area (Å²) in [5.41, 5.74) is 11.0. The van der Waals surface area contributed by atoms with Crippen LogP contribution in [0.15, 0.2) is 134 Å². The minimum absolute atomic E-state index is 0.890. The van der Waals surface area contributed by atoms with E-state index in [0.29, 0.717) is 0 Å². The number of aryl methyl sites for hydroxylation is 4. The molecule has 5 aromatic carbocycles. The van der Waals surface area contributed by atoms with Crippen LogP contribution in [-0.2, 0) is 0 Å². The van der Waals surface area contributed by atoms with Crippen molar-refractivity contribution in [2.45, 2.75) is 27.7 Å². The SMILES string of the molecule is Cc1cccc(C)c1-c1n[n+](-c2ccccc2)cn1-c1cccc(-n2c[n+](-c3ccccc3)nc2-c2c(C)cccc2C)c1. The van der Waals surface area contributed by atoms with Crippen molar-refractivity contribution in [3.8, 4) is 45.5 Å². The molecule has 6 nitrogen and oxygen atoms in total. The largest absolute Gasteiger partial charge is 0.277 e. The highest BCUT2D eigenvalue weighted by Crippen LogP contribution is 2.30. The van der Waals surface area contributed by atoms with Gasteiger partial charge in [-0.1, -0.05) is 88.2 Å². The third-order valence-corrected chi connectivity index (χ3v) is 8.15. The van der Waals surface area contributed by atoms with Crippen LogP contribution in [0, 0.1) is 27.7 Å². The maximum atomic E-state index is 5.14. The van der Waals surface area contributed by atoms with E-state index in [4.69, 9.17) is 10.2 Å². The lowest BCUT2D eigenvalue weighted by molar-refractivity contribution is -0.656. The third kappa shape index (κ3) is 4.90. The van der Waals surface area contributed by atoms with Gasteiger partial charge < -0.3 is 0 Å². The van der Waals surface area contributed by atoms with E-state index in [1.807, 2.05) is 45.8 Å². The first-order valence-electron chi connectivity index (χ1n) is 14.9. The Hall–Kier alpha value is -5.62. The molecule has 7 aromatic rings. The zero-order valence-electron chi connectivity index (χ0n) is 25.4. The van der Waals surface area contributed by atoms with Crippen molar-refractivity contribution in [3.63, 3.8) is 0 Å². The standard InChI is InChI=1S/C38H34N6/c1-27-14-11-15-28(2)35(27)37-39-43(31-18-7-5-8-19-31)25-41(37)33-22-13-23-34(24-33)42-26-44(32-20-9-6-10-21-32)40-38(42)36-29(3)16-12-17-30(36)4/h5-26H,1-4H3/q+2. The van der Waals surface area contributed by atoms with Gasteiger partial charge in [-0.05, 0) is 96.5 Å². The summed E-state index contributed by atoms with van der Waals surface area (Å²) in [6.07, 6.45) is 4.14. The van der Waals surface area contributed by atoms with Crippen LogP contribution in [0.5, 0.6) is 0 Å². The molecular weight excluding hydrogens is 540 g/mol. The molecule has 0 fully saturated rings. The summed E-state index contributed by atoms with van der Waals surface area (Å²) in [4.78, 5) is 0. The minimum atomic E-state index is 0.890. The molecule has 2 heterocycles. The average molecular weight is 575 g/mol. The van der Waals surface area contributed by atoms with Gasteiger partial charge in [0.25, 0.3) is 24.3 Å². The molecule has 0 atom stereocenters. The van der Waals surface area contributed by atoms with Crippen LogP contribution < -0.4 is 9.36 Å². The van der Waals surface area contributed by atoms with Crippen LogP contribution in [0.1, 0.15) is 22.3 Å². The van der Waals surface area contributed by atoms with E-state index in [-0.39, 0.29) is 0 Å². The second-order valence-electron chi connectivity index (χ2n) is 11.2. The molecule has 0 saturated carbocycles. The molecule has 0 aliphatic heterocycles. The average Bonchev–Trinajstić information content (AvgIpc) is 3.68. The summed E-state index contributed by atoms with van der Waals surface area (Å²) in [5, 5.41) is 10.3. The van der Waals surface area contributed by atoms with Gasteiger partial charge in [0.2, 0.25) is 0 Å². The monoisotopic (exact) mass is 574 g/mol. The Bertz CT molecular complexity index is 1920. The fourth-order valence-electron chi connectivity index (χ4n) is 5.94. The van der Waals surface area contributed by atoms with Crippen molar-refractivity contribution in [2.24, 2.45) is 0 Å². The molecule has 0 aliphatic rings. The molecule has 0 aliphatic carbocycles. The summed E-state index contributed by atoms with van der Waals surface area (Å²) in [5.74, 6) is 1.78. The molecule has 0 amide bonds. The van der Waals surface area contributed by atoms with Gasteiger partial charge in [0, 0.05) is 6.07 Å². The van der Waals surface area contributed by atoms with E-state index >= 15 is 0 Å². The van der Waals surface area contributed by atoms with E-state index in [9.17, 15) is 0 Å². The summed E-state index contributed by atoms with van der Waals surface area (Å²) < 4.78 is 8.28. The summed E-state index contributed by atoms with van der Waals surface area (Å²) >= 11 is 0. The van der Waals surface area contributed by atoms with E-state index in [0.717, 1.165) is 45.5 Å². The topological polar surface area (TPSA) is 43.4 Å². The van der Waals surface area contributed by atoms with Crippen LogP contribution >= 0.6 is 0 Å². The Kier molecular flexibility index (Phi) is 6.95. The number of rotatable bonds is 6. The number of aromatic nitrogens is 6. The number of nitrogens with zero attached hydrogens (tertiary/aromatic N) is 6. The normalized spacial score (nSPS) is 11.2. The smallest absolute Gasteiger partial charge is 0.177 e.